The lowest BCUT2D eigenvalue weighted by Gasteiger charge is -2.12. The number of rotatable bonds is 3. The highest BCUT2D eigenvalue weighted by molar-refractivity contribution is 9.10. The smallest absolute Gasteiger partial charge is 0.256 e. The second-order valence-electron chi connectivity index (χ2n) is 6.13. The highest BCUT2D eigenvalue weighted by atomic mass is 79.9. The first kappa shape index (κ1) is 18.9. The van der Waals surface area contributed by atoms with Crippen molar-refractivity contribution in [2.24, 2.45) is 0 Å². The second kappa shape index (κ2) is 7.92. The fraction of sp³-hybridized carbons (Fsp3) is 0. The maximum Gasteiger partial charge on any atom is 0.256 e. The molecule has 0 spiro atoms. The largest absolute Gasteiger partial charge is 0.319 e. The zero-order valence-electron chi connectivity index (χ0n) is 14.4. The number of halogens is 3. The van der Waals surface area contributed by atoms with Crippen LogP contribution in [-0.2, 0) is 0 Å². The summed E-state index contributed by atoms with van der Waals surface area (Å²) in [6, 6.07) is 22.2. The van der Waals surface area contributed by atoms with Crippen LogP contribution in [0.25, 0.3) is 22.2 Å². The van der Waals surface area contributed by atoms with E-state index in [1.165, 1.54) is 0 Å². The molecule has 1 heterocycles. The molecular formula is C22H13BrCl2N2O. The van der Waals surface area contributed by atoms with Crippen LogP contribution in [0.4, 0.5) is 5.69 Å². The van der Waals surface area contributed by atoms with Crippen molar-refractivity contribution in [2.75, 3.05) is 5.32 Å². The molecule has 0 aliphatic carbocycles. The lowest BCUT2D eigenvalue weighted by Crippen LogP contribution is -2.13. The summed E-state index contributed by atoms with van der Waals surface area (Å²) in [5.41, 5.74) is 3.23. The van der Waals surface area contributed by atoms with Crippen LogP contribution < -0.4 is 5.32 Å². The molecule has 4 rings (SSSR count). The third kappa shape index (κ3) is 3.76. The van der Waals surface area contributed by atoms with Crippen LogP contribution in [0.2, 0.25) is 10.0 Å². The number of amides is 1. The van der Waals surface area contributed by atoms with Gasteiger partial charge in [0.25, 0.3) is 5.91 Å². The first-order valence-corrected chi connectivity index (χ1v) is 9.99. The number of benzene rings is 3. The number of nitrogens with one attached hydrogen (secondary N) is 1. The number of hydrogen-bond acceptors (Lipinski definition) is 2. The molecule has 6 heteroatoms. The van der Waals surface area contributed by atoms with Gasteiger partial charge in [0.2, 0.25) is 0 Å². The third-order valence-electron chi connectivity index (χ3n) is 4.28. The van der Waals surface area contributed by atoms with E-state index in [1.807, 2.05) is 48.5 Å². The second-order valence-corrected chi connectivity index (χ2v) is 7.86. The Kier molecular flexibility index (Phi) is 5.36. The van der Waals surface area contributed by atoms with Crippen LogP contribution in [0.3, 0.4) is 0 Å². The molecule has 0 aliphatic heterocycles. The van der Waals surface area contributed by atoms with Gasteiger partial charge in [-0.1, -0.05) is 75.5 Å². The van der Waals surface area contributed by atoms with E-state index in [9.17, 15) is 4.79 Å². The Bertz CT molecular complexity index is 1190. The highest BCUT2D eigenvalue weighted by Gasteiger charge is 2.16. The average molecular weight is 472 g/mol. The number of para-hydroxylation sites is 2. The minimum absolute atomic E-state index is 0.301. The van der Waals surface area contributed by atoms with Crippen LogP contribution in [0.1, 0.15) is 10.4 Å². The first-order valence-electron chi connectivity index (χ1n) is 8.44. The fourth-order valence-electron chi connectivity index (χ4n) is 2.96. The van der Waals surface area contributed by atoms with Crippen LogP contribution in [0.5, 0.6) is 0 Å². The summed E-state index contributed by atoms with van der Waals surface area (Å²) in [6.07, 6.45) is 0. The van der Waals surface area contributed by atoms with Gasteiger partial charge in [-0.15, -0.1) is 0 Å². The number of pyridine rings is 1. The minimum Gasteiger partial charge on any atom is -0.319 e. The van der Waals surface area contributed by atoms with E-state index in [0.29, 0.717) is 27.0 Å². The van der Waals surface area contributed by atoms with Gasteiger partial charge < -0.3 is 5.32 Å². The number of carbonyl (C=O) groups excluding carboxylic acids is 1. The molecule has 1 N–H and O–H groups in total. The fourth-order valence-corrected chi connectivity index (χ4v) is 3.85. The number of anilines is 1. The number of nitrogens with zero attached hydrogens (tertiary/aromatic N) is 1. The zero-order chi connectivity index (χ0) is 19.7. The lowest BCUT2D eigenvalue weighted by atomic mass is 10.0. The van der Waals surface area contributed by atoms with Gasteiger partial charge in [0.05, 0.1) is 32.5 Å². The van der Waals surface area contributed by atoms with E-state index >= 15 is 0 Å². The van der Waals surface area contributed by atoms with Gasteiger partial charge in [-0.2, -0.15) is 0 Å². The van der Waals surface area contributed by atoms with E-state index in [-0.39, 0.29) is 5.91 Å². The Morgan fingerprint density at radius 1 is 0.893 bits per heavy atom. The Morgan fingerprint density at radius 2 is 1.61 bits per heavy atom. The molecule has 0 bridgehead atoms. The molecule has 3 aromatic carbocycles. The lowest BCUT2D eigenvalue weighted by molar-refractivity contribution is 0.102. The van der Waals surface area contributed by atoms with Crippen molar-refractivity contribution in [2.45, 2.75) is 0 Å². The monoisotopic (exact) mass is 470 g/mol. The summed E-state index contributed by atoms with van der Waals surface area (Å²) in [4.78, 5) is 17.8. The van der Waals surface area contributed by atoms with E-state index in [0.717, 1.165) is 20.9 Å². The van der Waals surface area contributed by atoms with E-state index < -0.39 is 0 Å². The predicted molar refractivity (Wildman–Crippen MR) is 119 cm³/mol. The van der Waals surface area contributed by atoms with Crippen molar-refractivity contribution in [3.63, 3.8) is 0 Å². The molecule has 0 saturated carbocycles. The minimum atomic E-state index is -0.301. The zero-order valence-corrected chi connectivity index (χ0v) is 17.5. The maximum atomic E-state index is 13.1. The van der Waals surface area contributed by atoms with Crippen LogP contribution in [0, 0.1) is 0 Å². The first-order chi connectivity index (χ1) is 13.5. The van der Waals surface area contributed by atoms with E-state index in [1.54, 1.807) is 24.3 Å². The van der Waals surface area contributed by atoms with Crippen molar-refractivity contribution >= 4 is 61.6 Å². The van der Waals surface area contributed by atoms with Gasteiger partial charge >= 0.3 is 0 Å². The van der Waals surface area contributed by atoms with Crippen molar-refractivity contribution < 1.29 is 4.79 Å². The Labute approximate surface area is 180 Å². The molecule has 4 aromatic rings. The molecule has 1 aromatic heterocycles. The summed E-state index contributed by atoms with van der Waals surface area (Å²) in [6.45, 7) is 0. The third-order valence-corrected chi connectivity index (χ3v) is 5.41. The Balaban J connectivity index is 1.84. The molecule has 138 valence electrons. The van der Waals surface area contributed by atoms with Gasteiger partial charge in [-0.05, 0) is 36.4 Å². The standard InChI is InChI=1S/C22H13BrCl2N2O/c23-14-6-3-5-13(11-14)20-12-16(15-7-1-2-10-19(15)26-20)22(28)27-21-17(24)8-4-9-18(21)25/h1-12H,(H,27,28). The summed E-state index contributed by atoms with van der Waals surface area (Å²) < 4.78 is 0.939. The topological polar surface area (TPSA) is 42.0 Å². The number of aromatic nitrogens is 1. The molecule has 1 amide bonds. The average Bonchev–Trinajstić information content (AvgIpc) is 2.70. The molecule has 0 unspecified atom stereocenters. The number of carbonyl (C=O) groups is 1. The van der Waals surface area contributed by atoms with Gasteiger partial charge in [-0.25, -0.2) is 4.98 Å². The van der Waals surface area contributed by atoms with Gasteiger partial charge in [0, 0.05) is 15.4 Å². The Hall–Kier alpha value is -2.40. The molecular weight excluding hydrogens is 459 g/mol. The van der Waals surface area contributed by atoms with E-state index in [2.05, 4.69) is 21.2 Å². The normalized spacial score (nSPS) is 10.8. The van der Waals surface area contributed by atoms with Crippen LogP contribution in [0.15, 0.2) is 77.3 Å². The van der Waals surface area contributed by atoms with Crippen LogP contribution >= 0.6 is 39.1 Å². The maximum absolute atomic E-state index is 13.1. The molecule has 0 radical (unpaired) electrons. The van der Waals surface area contributed by atoms with Gasteiger partial charge in [0.1, 0.15) is 0 Å². The number of fused-ring (bicyclic) bond motifs is 1. The molecule has 0 saturated heterocycles. The van der Waals surface area contributed by atoms with Crippen molar-refractivity contribution in [3.8, 4) is 11.3 Å². The van der Waals surface area contributed by atoms with Gasteiger partial charge in [0.15, 0.2) is 0 Å². The van der Waals surface area contributed by atoms with Crippen molar-refractivity contribution in [1.82, 2.24) is 4.98 Å². The van der Waals surface area contributed by atoms with Gasteiger partial charge in [-0.3, -0.25) is 4.79 Å². The van der Waals surface area contributed by atoms with Crippen molar-refractivity contribution in [1.29, 1.82) is 0 Å². The molecule has 28 heavy (non-hydrogen) atoms. The summed E-state index contributed by atoms with van der Waals surface area (Å²) in [5, 5.41) is 4.35. The molecule has 0 fully saturated rings. The molecule has 0 aliphatic rings. The van der Waals surface area contributed by atoms with E-state index in [4.69, 9.17) is 28.2 Å². The van der Waals surface area contributed by atoms with Crippen molar-refractivity contribution in [3.05, 3.63) is 92.9 Å². The Morgan fingerprint density at radius 3 is 2.36 bits per heavy atom. The quantitative estimate of drug-likeness (QED) is 0.342. The summed E-state index contributed by atoms with van der Waals surface area (Å²) >= 11 is 15.9. The number of hydrogen-bond donors (Lipinski definition) is 1. The van der Waals surface area contributed by atoms with Crippen LogP contribution in [-0.4, -0.2) is 10.9 Å². The molecule has 3 nitrogen and oxygen atoms in total. The predicted octanol–water partition coefficient (Wildman–Crippen LogP) is 7.22. The summed E-state index contributed by atoms with van der Waals surface area (Å²) in [7, 11) is 0. The molecule has 0 atom stereocenters. The summed E-state index contributed by atoms with van der Waals surface area (Å²) in [5.74, 6) is -0.301. The SMILES string of the molecule is O=C(Nc1c(Cl)cccc1Cl)c1cc(-c2cccc(Br)c2)nc2ccccc12. The highest BCUT2D eigenvalue weighted by Crippen LogP contribution is 2.32.